The van der Waals surface area contributed by atoms with Gasteiger partial charge in [-0.15, -0.1) is 0 Å². The van der Waals surface area contributed by atoms with E-state index in [2.05, 4.69) is 21.2 Å². The van der Waals surface area contributed by atoms with Crippen molar-refractivity contribution in [1.82, 2.24) is 0 Å². The molecule has 0 fully saturated rings. The largest absolute Gasteiger partial charge is 0.490 e. The third-order valence-electron chi connectivity index (χ3n) is 4.66. The van der Waals surface area contributed by atoms with Crippen molar-refractivity contribution in [2.24, 2.45) is 0 Å². The third kappa shape index (κ3) is 7.06. The normalized spacial score (nSPS) is 10.9. The summed E-state index contributed by atoms with van der Waals surface area (Å²) in [6, 6.07) is 18.4. The van der Waals surface area contributed by atoms with Gasteiger partial charge in [0.1, 0.15) is 23.9 Å². The van der Waals surface area contributed by atoms with Crippen LogP contribution in [-0.2, 0) is 11.4 Å². The molecule has 0 radical (unpaired) electrons. The number of amides is 1. The maximum absolute atomic E-state index is 12.7. The predicted octanol–water partition coefficient (Wildman–Crippen LogP) is 6.53. The first-order chi connectivity index (χ1) is 16.8. The van der Waals surface area contributed by atoms with E-state index in [1.54, 1.807) is 18.2 Å². The molecule has 0 atom stereocenters. The Morgan fingerprint density at radius 3 is 2.54 bits per heavy atom. The lowest BCUT2D eigenvalue weighted by atomic mass is 10.1. The van der Waals surface area contributed by atoms with Crippen molar-refractivity contribution >= 4 is 50.9 Å². The van der Waals surface area contributed by atoms with E-state index < -0.39 is 10.8 Å². The van der Waals surface area contributed by atoms with Crippen LogP contribution >= 0.6 is 27.5 Å². The van der Waals surface area contributed by atoms with Crippen LogP contribution in [0.15, 0.2) is 70.7 Å². The van der Waals surface area contributed by atoms with Crippen molar-refractivity contribution in [2.45, 2.75) is 13.5 Å². The summed E-state index contributed by atoms with van der Waals surface area (Å²) in [6.45, 7) is 2.54. The highest BCUT2D eigenvalue weighted by Crippen LogP contribution is 2.31. The molecule has 1 N–H and O–H groups in total. The Morgan fingerprint density at radius 2 is 1.89 bits per heavy atom. The summed E-state index contributed by atoms with van der Waals surface area (Å²) in [6.07, 6.45) is 1.36. The topological polar surface area (TPSA) is 114 Å². The van der Waals surface area contributed by atoms with Crippen molar-refractivity contribution in [3.05, 3.63) is 97.0 Å². The first kappa shape index (κ1) is 25.7. The first-order valence-electron chi connectivity index (χ1n) is 10.3. The molecule has 3 aromatic carbocycles. The Hall–Kier alpha value is -3.87. The van der Waals surface area contributed by atoms with Gasteiger partial charge in [-0.1, -0.05) is 45.7 Å². The van der Waals surface area contributed by atoms with Crippen LogP contribution in [-0.4, -0.2) is 17.4 Å². The van der Waals surface area contributed by atoms with Gasteiger partial charge in [-0.2, -0.15) is 5.26 Å². The fraction of sp³-hybridized carbons (Fsp3) is 0.120. The molecule has 1 amide bonds. The summed E-state index contributed by atoms with van der Waals surface area (Å²) in [7, 11) is 0. The van der Waals surface area contributed by atoms with Crippen molar-refractivity contribution in [1.29, 1.82) is 5.26 Å². The van der Waals surface area contributed by atoms with Gasteiger partial charge < -0.3 is 14.8 Å². The average molecular weight is 557 g/mol. The maximum atomic E-state index is 12.7. The van der Waals surface area contributed by atoms with Crippen molar-refractivity contribution in [3.63, 3.8) is 0 Å². The summed E-state index contributed by atoms with van der Waals surface area (Å²) in [5, 5.41) is 23.3. The van der Waals surface area contributed by atoms with Gasteiger partial charge in [-0.3, -0.25) is 14.9 Å². The smallest absolute Gasteiger partial charge is 0.294 e. The van der Waals surface area contributed by atoms with Crippen molar-refractivity contribution in [3.8, 4) is 17.6 Å². The van der Waals surface area contributed by atoms with Gasteiger partial charge in [-0.25, -0.2) is 0 Å². The maximum Gasteiger partial charge on any atom is 0.294 e. The van der Waals surface area contributed by atoms with Gasteiger partial charge in [0.15, 0.2) is 11.5 Å². The molecule has 0 aliphatic carbocycles. The second-order valence-corrected chi connectivity index (χ2v) is 8.45. The Labute approximate surface area is 215 Å². The lowest BCUT2D eigenvalue weighted by Gasteiger charge is -2.13. The molecule has 3 aromatic rings. The van der Waals surface area contributed by atoms with E-state index in [1.165, 1.54) is 18.2 Å². The third-order valence-corrected chi connectivity index (χ3v) is 5.42. The van der Waals surface area contributed by atoms with Gasteiger partial charge in [0.05, 0.1) is 11.5 Å². The number of carbonyl (C=O) groups is 1. The zero-order chi connectivity index (χ0) is 25.4. The highest BCUT2D eigenvalue weighted by atomic mass is 79.9. The van der Waals surface area contributed by atoms with Gasteiger partial charge in [0.2, 0.25) is 0 Å². The molecular formula is C25H19BrClN3O5. The van der Waals surface area contributed by atoms with E-state index in [9.17, 15) is 20.2 Å². The number of nitrogens with zero attached hydrogens (tertiary/aromatic N) is 2. The summed E-state index contributed by atoms with van der Waals surface area (Å²) in [5.41, 5.74) is 0.785. The highest BCUT2D eigenvalue weighted by molar-refractivity contribution is 9.10. The SMILES string of the molecule is CCOc1cc(C=C(C#N)C(=O)Nc2ccc(Cl)cc2[N+](=O)[O-])ccc1OCc1ccc(Br)cc1. The fourth-order valence-electron chi connectivity index (χ4n) is 3.01. The fourth-order valence-corrected chi connectivity index (χ4v) is 3.44. The summed E-state index contributed by atoms with van der Waals surface area (Å²) >= 11 is 9.20. The zero-order valence-corrected chi connectivity index (χ0v) is 20.8. The number of halogens is 2. The number of nitro groups is 1. The number of ether oxygens (including phenoxy) is 2. The number of rotatable bonds is 9. The van der Waals surface area contributed by atoms with Crippen LogP contribution < -0.4 is 14.8 Å². The van der Waals surface area contributed by atoms with Crippen LogP contribution in [0.1, 0.15) is 18.1 Å². The molecule has 178 valence electrons. The molecule has 0 spiro atoms. The Bertz CT molecular complexity index is 1320. The average Bonchev–Trinajstić information content (AvgIpc) is 2.84. The predicted molar refractivity (Wildman–Crippen MR) is 136 cm³/mol. The quantitative estimate of drug-likeness (QED) is 0.139. The molecule has 0 aliphatic rings. The molecule has 0 heterocycles. The Kier molecular flexibility index (Phi) is 8.84. The van der Waals surface area contributed by atoms with E-state index in [-0.39, 0.29) is 22.0 Å². The number of anilines is 1. The lowest BCUT2D eigenvalue weighted by molar-refractivity contribution is -0.383. The molecule has 8 nitrogen and oxygen atoms in total. The molecule has 0 aromatic heterocycles. The molecule has 3 rings (SSSR count). The van der Waals surface area contributed by atoms with Gasteiger partial charge in [0.25, 0.3) is 11.6 Å². The van der Waals surface area contributed by atoms with Gasteiger partial charge in [0, 0.05) is 15.6 Å². The van der Waals surface area contributed by atoms with E-state index >= 15 is 0 Å². The van der Waals surface area contributed by atoms with Crippen LogP contribution in [0.3, 0.4) is 0 Å². The number of hydrogen-bond acceptors (Lipinski definition) is 6. The summed E-state index contributed by atoms with van der Waals surface area (Å²) < 4.78 is 12.5. The zero-order valence-electron chi connectivity index (χ0n) is 18.5. The number of nitrogens with one attached hydrogen (secondary N) is 1. The number of benzene rings is 3. The monoisotopic (exact) mass is 555 g/mol. The molecule has 0 aliphatic heterocycles. The van der Waals surface area contributed by atoms with E-state index in [0.717, 1.165) is 16.1 Å². The number of carbonyl (C=O) groups excluding carboxylic acids is 1. The molecule has 10 heteroatoms. The molecule has 0 saturated carbocycles. The van der Waals surface area contributed by atoms with E-state index in [0.29, 0.717) is 30.3 Å². The Balaban J connectivity index is 1.81. The van der Waals surface area contributed by atoms with Gasteiger partial charge >= 0.3 is 0 Å². The van der Waals surface area contributed by atoms with Crippen molar-refractivity contribution in [2.75, 3.05) is 11.9 Å². The minimum Gasteiger partial charge on any atom is -0.490 e. The minimum absolute atomic E-state index is 0.0720. The molecule has 0 unspecified atom stereocenters. The molecule has 0 saturated heterocycles. The van der Waals surface area contributed by atoms with Crippen LogP contribution in [0, 0.1) is 21.4 Å². The second kappa shape index (κ2) is 12.0. The molecular weight excluding hydrogens is 538 g/mol. The van der Waals surface area contributed by atoms with E-state index in [1.807, 2.05) is 37.3 Å². The second-order valence-electron chi connectivity index (χ2n) is 7.10. The molecule has 35 heavy (non-hydrogen) atoms. The van der Waals surface area contributed by atoms with Crippen LogP contribution in [0.5, 0.6) is 11.5 Å². The minimum atomic E-state index is -0.800. The van der Waals surface area contributed by atoms with Crippen LogP contribution in [0.25, 0.3) is 6.08 Å². The van der Waals surface area contributed by atoms with Crippen LogP contribution in [0.2, 0.25) is 5.02 Å². The summed E-state index contributed by atoms with van der Waals surface area (Å²) in [4.78, 5) is 23.2. The number of hydrogen-bond donors (Lipinski definition) is 1. The van der Waals surface area contributed by atoms with E-state index in [4.69, 9.17) is 21.1 Å². The summed E-state index contributed by atoms with van der Waals surface area (Å²) in [5.74, 6) is 0.155. The number of nitro benzene ring substituents is 1. The standard InChI is InChI=1S/C25H19BrClN3O5/c1-2-34-24-12-17(5-10-23(24)35-15-16-3-6-19(26)7-4-16)11-18(14-28)25(31)29-21-9-8-20(27)13-22(21)30(32)33/h3-13H,2,15H2,1H3,(H,29,31). The first-order valence-corrected chi connectivity index (χ1v) is 11.5. The van der Waals surface area contributed by atoms with Crippen molar-refractivity contribution < 1.29 is 19.2 Å². The highest BCUT2D eigenvalue weighted by Gasteiger charge is 2.19. The molecule has 0 bridgehead atoms. The Morgan fingerprint density at radius 1 is 1.14 bits per heavy atom. The lowest BCUT2D eigenvalue weighted by Crippen LogP contribution is -2.14. The van der Waals surface area contributed by atoms with Gasteiger partial charge in [-0.05, 0) is 60.5 Å². The van der Waals surface area contributed by atoms with Crippen LogP contribution in [0.4, 0.5) is 11.4 Å². The number of nitriles is 1.